The molecule has 19 heteroatoms. The molecule has 0 aromatic carbocycles. The molecule has 0 saturated heterocycles. The first-order valence-corrected chi connectivity index (χ1v) is 46.2. The van der Waals surface area contributed by atoms with Gasteiger partial charge in [-0.25, -0.2) is 9.13 Å². The maximum absolute atomic E-state index is 13.1. The summed E-state index contributed by atoms with van der Waals surface area (Å²) in [5, 5.41) is 10.7. The van der Waals surface area contributed by atoms with Gasteiger partial charge in [0.05, 0.1) is 26.4 Å². The van der Waals surface area contributed by atoms with Gasteiger partial charge >= 0.3 is 39.5 Å². The number of esters is 4. The smallest absolute Gasteiger partial charge is 0.462 e. The Labute approximate surface area is 632 Å². The number of ether oxygens (including phenoxy) is 4. The molecule has 0 aliphatic rings. The van der Waals surface area contributed by atoms with Crippen molar-refractivity contribution in [3.05, 3.63) is 0 Å². The van der Waals surface area contributed by atoms with Gasteiger partial charge in [-0.2, -0.15) is 0 Å². The zero-order valence-corrected chi connectivity index (χ0v) is 69.7. The predicted octanol–water partition coefficient (Wildman–Crippen LogP) is 25.2. The standard InChI is InChI=1S/C84H164O17P2/c1-9-77(8)63-55-47-39-31-24-20-16-12-10-11-13-17-22-26-33-41-50-58-66-83(88)100-79(70-94-81(86)64-56-48-40-32-25-21-18-14-15-19-23-29-36-44-52-60-74(2)3)72-98-102(90,91)96-68-78(85)69-97-103(92,93)99-73-80(71-95-82(87)65-57-49-43-35-38-46-54-62-76(6)7)101-84(89)67-59-51-42-34-28-27-30-37-45-53-61-75(4)5/h74-80,85H,9-73H2,1-8H3,(H,90,91)(H,92,93)/t77?,78?,79-,80-/m1/s1. The molecule has 0 aliphatic heterocycles. The number of carbonyl (C=O) groups is 4. The zero-order chi connectivity index (χ0) is 76.0. The predicted molar refractivity (Wildman–Crippen MR) is 423 cm³/mol. The van der Waals surface area contributed by atoms with E-state index in [-0.39, 0.29) is 25.7 Å². The van der Waals surface area contributed by atoms with Crippen LogP contribution in [0.1, 0.15) is 434 Å². The van der Waals surface area contributed by atoms with Gasteiger partial charge in [-0.15, -0.1) is 0 Å². The minimum atomic E-state index is -4.97. The molecule has 3 N–H and O–H groups in total. The van der Waals surface area contributed by atoms with Crippen LogP contribution in [0.5, 0.6) is 0 Å². The van der Waals surface area contributed by atoms with E-state index in [0.29, 0.717) is 31.6 Å². The largest absolute Gasteiger partial charge is 0.472 e. The normalized spacial score (nSPS) is 14.2. The molecular formula is C84H164O17P2. The zero-order valence-electron chi connectivity index (χ0n) is 68.0. The molecule has 0 bridgehead atoms. The lowest BCUT2D eigenvalue weighted by Gasteiger charge is -2.21. The third-order valence-electron chi connectivity index (χ3n) is 19.9. The summed E-state index contributed by atoms with van der Waals surface area (Å²) in [6, 6.07) is 0. The Bertz CT molecular complexity index is 2010. The second-order valence-corrected chi connectivity index (χ2v) is 34.8. The molecule has 0 aromatic heterocycles. The molecule has 17 nitrogen and oxygen atoms in total. The molecule has 0 aromatic rings. The molecule has 103 heavy (non-hydrogen) atoms. The molecule has 4 unspecified atom stereocenters. The summed E-state index contributed by atoms with van der Waals surface area (Å²) in [5.74, 6) is 1.02. The fourth-order valence-corrected chi connectivity index (χ4v) is 14.5. The minimum absolute atomic E-state index is 0.105. The SMILES string of the molecule is CCC(C)CCCCCCCCCCCCCCCCCCCCC(=O)O[C@H](COC(=O)CCCCCCCCCCCCCCCCCC(C)C)COP(=O)(O)OCC(O)COP(=O)(O)OC[C@@H](COC(=O)CCCCCCCCCC(C)C)OC(=O)CCCCCCCCCCCCC(C)C. The van der Waals surface area contributed by atoms with Gasteiger partial charge in [0.25, 0.3) is 0 Å². The molecule has 0 rings (SSSR count). The van der Waals surface area contributed by atoms with Gasteiger partial charge in [0.1, 0.15) is 19.3 Å². The molecule has 0 spiro atoms. The van der Waals surface area contributed by atoms with E-state index in [9.17, 15) is 43.2 Å². The quantitative estimate of drug-likeness (QED) is 0.0222. The highest BCUT2D eigenvalue weighted by Gasteiger charge is 2.30. The first kappa shape index (κ1) is 101. The van der Waals surface area contributed by atoms with Crippen molar-refractivity contribution in [1.29, 1.82) is 0 Å². The van der Waals surface area contributed by atoms with Gasteiger partial charge in [0.15, 0.2) is 12.2 Å². The van der Waals surface area contributed by atoms with Crippen LogP contribution in [0, 0.1) is 23.7 Å². The fourth-order valence-electron chi connectivity index (χ4n) is 12.9. The Morgan fingerprint density at radius 1 is 0.272 bits per heavy atom. The number of hydrogen-bond acceptors (Lipinski definition) is 15. The van der Waals surface area contributed by atoms with Crippen molar-refractivity contribution in [1.82, 2.24) is 0 Å². The third-order valence-corrected chi connectivity index (χ3v) is 21.8. The Morgan fingerprint density at radius 3 is 0.689 bits per heavy atom. The average molecular weight is 1510 g/mol. The Morgan fingerprint density at radius 2 is 0.466 bits per heavy atom. The Balaban J connectivity index is 5.22. The number of hydrogen-bond donors (Lipinski definition) is 3. The van der Waals surface area contributed by atoms with E-state index >= 15 is 0 Å². The summed E-state index contributed by atoms with van der Waals surface area (Å²) in [7, 11) is -9.92. The highest BCUT2D eigenvalue weighted by Crippen LogP contribution is 2.45. The molecule has 0 saturated carbocycles. The highest BCUT2D eigenvalue weighted by atomic mass is 31.2. The second-order valence-electron chi connectivity index (χ2n) is 31.9. The fraction of sp³-hybridized carbons (Fsp3) is 0.952. The van der Waals surface area contributed by atoms with Crippen LogP contribution in [0.3, 0.4) is 0 Å². The Kier molecular flexibility index (Phi) is 71.5. The lowest BCUT2D eigenvalue weighted by atomic mass is 9.99. The molecular weight excluding hydrogens is 1340 g/mol. The van der Waals surface area contributed by atoms with Gasteiger partial charge in [-0.05, 0) is 49.4 Å². The molecule has 612 valence electrons. The van der Waals surface area contributed by atoms with E-state index in [4.69, 9.17) is 37.0 Å². The van der Waals surface area contributed by atoms with E-state index in [0.717, 1.165) is 114 Å². The van der Waals surface area contributed by atoms with Crippen LogP contribution in [-0.4, -0.2) is 96.7 Å². The lowest BCUT2D eigenvalue weighted by molar-refractivity contribution is -0.161. The van der Waals surface area contributed by atoms with E-state index in [1.54, 1.807) is 0 Å². The maximum atomic E-state index is 13.1. The topological polar surface area (TPSA) is 237 Å². The van der Waals surface area contributed by atoms with E-state index < -0.39 is 97.5 Å². The van der Waals surface area contributed by atoms with Crippen LogP contribution in [0.15, 0.2) is 0 Å². The summed E-state index contributed by atoms with van der Waals surface area (Å²) in [4.78, 5) is 73.1. The number of unbranched alkanes of at least 4 members (excludes halogenated alkanes) is 46. The summed E-state index contributed by atoms with van der Waals surface area (Å²) in [6.45, 7) is 14.3. The summed E-state index contributed by atoms with van der Waals surface area (Å²) < 4.78 is 68.8. The molecule has 6 atom stereocenters. The number of aliphatic hydroxyl groups is 1. The first-order valence-electron chi connectivity index (χ1n) is 43.2. The van der Waals surface area contributed by atoms with Gasteiger partial charge in [-0.3, -0.25) is 37.3 Å². The van der Waals surface area contributed by atoms with Gasteiger partial charge in [0, 0.05) is 25.7 Å². The third kappa shape index (κ3) is 76.6. The first-order chi connectivity index (χ1) is 49.6. The van der Waals surface area contributed by atoms with Crippen molar-refractivity contribution in [2.75, 3.05) is 39.6 Å². The lowest BCUT2D eigenvalue weighted by Crippen LogP contribution is -2.30. The summed E-state index contributed by atoms with van der Waals surface area (Å²) >= 11 is 0. The highest BCUT2D eigenvalue weighted by molar-refractivity contribution is 7.47. The van der Waals surface area contributed by atoms with Crippen LogP contribution >= 0.6 is 15.6 Å². The molecule has 0 radical (unpaired) electrons. The van der Waals surface area contributed by atoms with Crippen LogP contribution in [-0.2, 0) is 65.4 Å². The second kappa shape index (κ2) is 72.9. The van der Waals surface area contributed by atoms with E-state index in [1.807, 2.05) is 0 Å². The number of aliphatic hydroxyl groups excluding tert-OH is 1. The molecule has 0 amide bonds. The van der Waals surface area contributed by atoms with Crippen LogP contribution < -0.4 is 0 Å². The van der Waals surface area contributed by atoms with Crippen LogP contribution in [0.25, 0.3) is 0 Å². The van der Waals surface area contributed by atoms with Crippen LogP contribution in [0.4, 0.5) is 0 Å². The van der Waals surface area contributed by atoms with Crippen molar-refractivity contribution < 1.29 is 80.2 Å². The van der Waals surface area contributed by atoms with Gasteiger partial charge < -0.3 is 33.8 Å². The number of phosphoric acid groups is 2. The monoisotopic (exact) mass is 1510 g/mol. The summed E-state index contributed by atoms with van der Waals surface area (Å²) in [5.41, 5.74) is 0. The molecule has 0 heterocycles. The number of phosphoric ester groups is 2. The van der Waals surface area contributed by atoms with Crippen molar-refractivity contribution in [2.45, 2.75) is 453 Å². The van der Waals surface area contributed by atoms with Crippen molar-refractivity contribution >= 4 is 39.5 Å². The van der Waals surface area contributed by atoms with Crippen molar-refractivity contribution in [3.8, 4) is 0 Å². The van der Waals surface area contributed by atoms with Crippen molar-refractivity contribution in [2.24, 2.45) is 23.7 Å². The summed E-state index contributed by atoms with van der Waals surface area (Å²) in [6.07, 6.45) is 61.2. The van der Waals surface area contributed by atoms with Gasteiger partial charge in [-0.1, -0.05) is 383 Å². The van der Waals surface area contributed by atoms with Crippen molar-refractivity contribution in [3.63, 3.8) is 0 Å². The minimum Gasteiger partial charge on any atom is -0.462 e. The van der Waals surface area contributed by atoms with E-state index in [2.05, 4.69) is 55.4 Å². The van der Waals surface area contributed by atoms with E-state index in [1.165, 1.54) is 231 Å². The Hall–Kier alpha value is -1.94. The number of rotatable bonds is 81. The molecule has 0 aliphatic carbocycles. The van der Waals surface area contributed by atoms with Gasteiger partial charge in [0.2, 0.25) is 0 Å². The maximum Gasteiger partial charge on any atom is 0.472 e. The average Bonchev–Trinajstić information content (AvgIpc) is 0.928. The molecule has 0 fully saturated rings. The number of carbonyl (C=O) groups excluding carboxylic acids is 4. The van der Waals surface area contributed by atoms with Crippen LogP contribution in [0.2, 0.25) is 0 Å².